The predicted octanol–water partition coefficient (Wildman–Crippen LogP) is 4.57. The predicted molar refractivity (Wildman–Crippen MR) is 102 cm³/mol. The van der Waals surface area contributed by atoms with Gasteiger partial charge in [-0.3, -0.25) is 9.69 Å². The van der Waals surface area contributed by atoms with Gasteiger partial charge in [-0.1, -0.05) is 39.7 Å². The zero-order chi connectivity index (χ0) is 17.7. The summed E-state index contributed by atoms with van der Waals surface area (Å²) in [5, 5.41) is 3.35. The van der Waals surface area contributed by atoms with Gasteiger partial charge in [-0.2, -0.15) is 0 Å². The molecule has 2 aromatic rings. The Hall–Kier alpha value is -1.56. The Bertz CT molecular complexity index is 707. The normalized spacial score (nSPS) is 12.1. The van der Waals surface area contributed by atoms with Gasteiger partial charge in [0.05, 0.1) is 18.2 Å². The standard InChI is InChI=1S/C18H20BrClN2O2/c1-12(22(2)11-13-4-6-14(19)7-5-13)18(23)21-15-8-9-17(24-3)16(20)10-15/h4-10,12H,11H2,1-3H3,(H,21,23). The molecule has 0 radical (unpaired) electrons. The first kappa shape index (κ1) is 18.8. The topological polar surface area (TPSA) is 41.6 Å². The van der Waals surface area contributed by atoms with Gasteiger partial charge in [-0.15, -0.1) is 0 Å². The highest BCUT2D eigenvalue weighted by Crippen LogP contribution is 2.27. The summed E-state index contributed by atoms with van der Waals surface area (Å²) in [5.74, 6) is 0.492. The van der Waals surface area contributed by atoms with Crippen LogP contribution in [0, 0.1) is 0 Å². The molecule has 0 aliphatic heterocycles. The largest absolute Gasteiger partial charge is 0.495 e. The van der Waals surface area contributed by atoms with Gasteiger partial charge in [0.25, 0.3) is 0 Å². The first-order chi connectivity index (χ1) is 11.4. The number of carbonyl (C=O) groups excluding carboxylic acids is 1. The average Bonchev–Trinajstić information content (AvgIpc) is 2.56. The van der Waals surface area contributed by atoms with Crippen LogP contribution < -0.4 is 10.1 Å². The monoisotopic (exact) mass is 410 g/mol. The van der Waals surface area contributed by atoms with E-state index in [2.05, 4.69) is 21.2 Å². The summed E-state index contributed by atoms with van der Waals surface area (Å²) in [6.07, 6.45) is 0. The molecule has 1 N–H and O–H groups in total. The van der Waals surface area contributed by atoms with Gasteiger partial charge >= 0.3 is 0 Å². The summed E-state index contributed by atoms with van der Waals surface area (Å²) in [5.41, 5.74) is 1.79. The quantitative estimate of drug-likeness (QED) is 0.757. The Morgan fingerprint density at radius 1 is 1.29 bits per heavy atom. The molecule has 1 unspecified atom stereocenters. The highest BCUT2D eigenvalue weighted by atomic mass is 79.9. The van der Waals surface area contributed by atoms with Crippen molar-refractivity contribution in [2.24, 2.45) is 0 Å². The Balaban J connectivity index is 1.98. The molecule has 0 heterocycles. The molecule has 0 bridgehead atoms. The van der Waals surface area contributed by atoms with Crippen LogP contribution in [0.1, 0.15) is 12.5 Å². The molecule has 0 aliphatic carbocycles. The maximum atomic E-state index is 12.4. The molecule has 2 aromatic carbocycles. The van der Waals surface area contributed by atoms with Crippen molar-refractivity contribution in [1.29, 1.82) is 0 Å². The fraction of sp³-hybridized carbons (Fsp3) is 0.278. The van der Waals surface area contributed by atoms with Crippen molar-refractivity contribution in [2.75, 3.05) is 19.5 Å². The lowest BCUT2D eigenvalue weighted by atomic mass is 10.2. The summed E-state index contributed by atoms with van der Waals surface area (Å²) in [6, 6.07) is 13.0. The van der Waals surface area contributed by atoms with E-state index >= 15 is 0 Å². The van der Waals surface area contributed by atoms with Crippen LogP contribution in [0.5, 0.6) is 5.75 Å². The van der Waals surface area contributed by atoms with Crippen molar-refractivity contribution >= 4 is 39.1 Å². The molecule has 0 saturated heterocycles. The molecule has 4 nitrogen and oxygen atoms in total. The molecule has 128 valence electrons. The lowest BCUT2D eigenvalue weighted by molar-refractivity contribution is -0.120. The van der Waals surface area contributed by atoms with Crippen LogP contribution in [0.3, 0.4) is 0 Å². The number of hydrogen-bond acceptors (Lipinski definition) is 3. The van der Waals surface area contributed by atoms with E-state index in [-0.39, 0.29) is 11.9 Å². The minimum atomic E-state index is -0.283. The smallest absolute Gasteiger partial charge is 0.241 e. The van der Waals surface area contributed by atoms with Crippen molar-refractivity contribution in [1.82, 2.24) is 4.90 Å². The number of carbonyl (C=O) groups is 1. The molecule has 0 saturated carbocycles. The summed E-state index contributed by atoms with van der Waals surface area (Å²) < 4.78 is 6.15. The van der Waals surface area contributed by atoms with Crippen LogP contribution in [0.2, 0.25) is 5.02 Å². The molecule has 0 aliphatic rings. The van der Waals surface area contributed by atoms with Gasteiger partial charge < -0.3 is 10.1 Å². The molecule has 1 amide bonds. The first-order valence-corrected chi connectivity index (χ1v) is 8.67. The fourth-order valence-electron chi connectivity index (χ4n) is 2.21. The molecule has 0 aromatic heterocycles. The van der Waals surface area contributed by atoms with Gasteiger partial charge in [-0.05, 0) is 49.9 Å². The van der Waals surface area contributed by atoms with Crippen LogP contribution >= 0.6 is 27.5 Å². The summed E-state index contributed by atoms with van der Waals surface area (Å²) in [7, 11) is 3.48. The van der Waals surface area contributed by atoms with Gasteiger partial charge in [0.15, 0.2) is 0 Å². The number of benzene rings is 2. The lowest BCUT2D eigenvalue weighted by Crippen LogP contribution is -2.39. The zero-order valence-corrected chi connectivity index (χ0v) is 16.2. The highest BCUT2D eigenvalue weighted by Gasteiger charge is 2.18. The number of amides is 1. The van der Waals surface area contributed by atoms with Crippen LogP contribution in [0.15, 0.2) is 46.9 Å². The third kappa shape index (κ3) is 4.97. The van der Waals surface area contributed by atoms with E-state index in [0.717, 1.165) is 10.0 Å². The Morgan fingerprint density at radius 2 is 1.96 bits per heavy atom. The summed E-state index contributed by atoms with van der Waals surface area (Å²) in [4.78, 5) is 14.4. The molecule has 1 atom stereocenters. The molecular weight excluding hydrogens is 392 g/mol. The van der Waals surface area contributed by atoms with E-state index in [4.69, 9.17) is 16.3 Å². The molecule has 2 rings (SSSR count). The second-order valence-electron chi connectivity index (χ2n) is 5.56. The van der Waals surface area contributed by atoms with E-state index < -0.39 is 0 Å². The number of rotatable bonds is 6. The maximum Gasteiger partial charge on any atom is 0.241 e. The third-order valence-corrected chi connectivity index (χ3v) is 4.63. The van der Waals surface area contributed by atoms with E-state index in [9.17, 15) is 4.79 Å². The Morgan fingerprint density at radius 3 is 2.54 bits per heavy atom. The van der Waals surface area contributed by atoms with Crippen molar-refractivity contribution in [2.45, 2.75) is 19.5 Å². The highest BCUT2D eigenvalue weighted by molar-refractivity contribution is 9.10. The van der Waals surface area contributed by atoms with Crippen LogP contribution in [0.25, 0.3) is 0 Å². The second-order valence-corrected chi connectivity index (χ2v) is 6.88. The second kappa shape index (κ2) is 8.51. The number of nitrogens with zero attached hydrogens (tertiary/aromatic N) is 1. The van der Waals surface area contributed by atoms with Crippen LogP contribution in [0.4, 0.5) is 5.69 Å². The maximum absolute atomic E-state index is 12.4. The SMILES string of the molecule is COc1ccc(NC(=O)C(C)N(C)Cc2ccc(Br)cc2)cc1Cl. The van der Waals surface area contributed by atoms with Crippen molar-refractivity contribution < 1.29 is 9.53 Å². The number of hydrogen-bond donors (Lipinski definition) is 1. The van der Waals surface area contributed by atoms with Crippen molar-refractivity contribution in [3.05, 3.63) is 57.5 Å². The zero-order valence-electron chi connectivity index (χ0n) is 13.8. The van der Waals surface area contributed by atoms with Crippen LogP contribution in [-0.2, 0) is 11.3 Å². The molecular formula is C18H20BrClN2O2. The number of anilines is 1. The Labute approximate surface area is 155 Å². The fourth-order valence-corrected chi connectivity index (χ4v) is 2.73. The van der Waals surface area contributed by atoms with Gasteiger partial charge in [0.2, 0.25) is 5.91 Å². The van der Waals surface area contributed by atoms with Gasteiger partial charge in [0, 0.05) is 16.7 Å². The molecule has 24 heavy (non-hydrogen) atoms. The first-order valence-electron chi connectivity index (χ1n) is 7.50. The molecule has 0 spiro atoms. The number of likely N-dealkylation sites (N-methyl/N-ethyl adjacent to an activating group) is 1. The number of methoxy groups -OCH3 is 1. The van der Waals surface area contributed by atoms with Crippen molar-refractivity contribution in [3.63, 3.8) is 0 Å². The van der Waals surface area contributed by atoms with Gasteiger partial charge in [0.1, 0.15) is 5.75 Å². The van der Waals surface area contributed by atoms with E-state index in [0.29, 0.717) is 23.0 Å². The van der Waals surface area contributed by atoms with E-state index in [1.54, 1.807) is 25.3 Å². The average molecular weight is 412 g/mol. The number of ether oxygens (including phenoxy) is 1. The van der Waals surface area contributed by atoms with E-state index in [1.165, 1.54) is 0 Å². The minimum Gasteiger partial charge on any atom is -0.495 e. The third-order valence-electron chi connectivity index (χ3n) is 3.81. The summed E-state index contributed by atoms with van der Waals surface area (Å²) in [6.45, 7) is 2.56. The molecule has 0 fully saturated rings. The number of nitrogens with one attached hydrogen (secondary N) is 1. The summed E-state index contributed by atoms with van der Waals surface area (Å²) >= 11 is 9.50. The van der Waals surface area contributed by atoms with Gasteiger partial charge in [-0.25, -0.2) is 0 Å². The van der Waals surface area contributed by atoms with Crippen molar-refractivity contribution in [3.8, 4) is 5.75 Å². The lowest BCUT2D eigenvalue weighted by Gasteiger charge is -2.24. The Kier molecular flexibility index (Phi) is 6.66. The molecule has 6 heteroatoms. The van der Waals surface area contributed by atoms with E-state index in [1.807, 2.05) is 43.1 Å². The minimum absolute atomic E-state index is 0.0872. The van der Waals surface area contributed by atoms with Crippen LogP contribution in [-0.4, -0.2) is 31.0 Å². The number of halogens is 2.